The lowest BCUT2D eigenvalue weighted by atomic mass is 9.78. The van der Waals surface area contributed by atoms with Crippen molar-refractivity contribution in [3.63, 3.8) is 0 Å². The summed E-state index contributed by atoms with van der Waals surface area (Å²) in [5.74, 6) is -0.844. The Balaban J connectivity index is 0.000000198. The van der Waals surface area contributed by atoms with E-state index in [4.69, 9.17) is 23.2 Å². The molecule has 0 aromatic heterocycles. The highest BCUT2D eigenvalue weighted by Crippen LogP contribution is 2.53. The van der Waals surface area contributed by atoms with Gasteiger partial charge in [-0.2, -0.15) is 9.15 Å². The second kappa shape index (κ2) is 27.8. The van der Waals surface area contributed by atoms with Gasteiger partial charge >= 0.3 is 0 Å². The average molecular weight is 1370 g/mol. The lowest BCUT2D eigenvalue weighted by Gasteiger charge is -2.28. The summed E-state index contributed by atoms with van der Waals surface area (Å²) in [6.07, 6.45) is 26.7. The van der Waals surface area contributed by atoms with Crippen molar-refractivity contribution >= 4 is 99.2 Å². The van der Waals surface area contributed by atoms with Gasteiger partial charge in [0.15, 0.2) is 11.4 Å². The van der Waals surface area contributed by atoms with Crippen LogP contribution in [0.5, 0.6) is 0 Å². The number of allylic oxidation sites excluding steroid dienone is 16. The number of benzene rings is 6. The van der Waals surface area contributed by atoms with E-state index < -0.39 is 31.4 Å². The summed E-state index contributed by atoms with van der Waals surface area (Å²) >= 11 is 14.4. The summed E-state index contributed by atoms with van der Waals surface area (Å²) in [6.45, 7) is 29.2. The maximum absolute atomic E-state index is 11.8. The van der Waals surface area contributed by atoms with E-state index in [9.17, 15) is 25.9 Å². The molecule has 6 aromatic rings. The summed E-state index contributed by atoms with van der Waals surface area (Å²) in [5.41, 5.74) is 20.2. The Bertz CT molecular complexity index is 4680. The van der Waals surface area contributed by atoms with E-state index in [-0.39, 0.29) is 35.0 Å². The van der Waals surface area contributed by atoms with Gasteiger partial charge in [0.05, 0.1) is 36.8 Å². The van der Waals surface area contributed by atoms with Crippen LogP contribution in [0, 0.1) is 13.8 Å². The van der Waals surface area contributed by atoms with E-state index in [0.29, 0.717) is 6.54 Å². The number of hydrogen-bond donors (Lipinski definition) is 0. The highest BCUT2D eigenvalue weighted by atomic mass is 35.5. The summed E-state index contributed by atoms with van der Waals surface area (Å²) in [6, 6.07) is 38.9. The standard InChI is InChI=1S/C45H49ClN2O3S.C37H45ClN2O3S/c1-8-24-47-37-20-14-33-27-29(2)12-18-35(33)41(37)44(4,5)39(47)22-16-31-10-9-11-32(43(31)46)17-23-40-45(6,7)42-36-19-13-30(3)28-34(36)15-21-38(42)48(40)25-26-52(49,50)51;1-6-7-24-39-31-18-10-8-16-29(31)36(2,3)33(39)22-20-27-14-12-15-28(35(27)38)21-23-34-37(4,5)30-17-9-11-19-32(30)40(34)25-13-26-44(41,42)43/h12-23,27-28H,8-11,24-26H2,1-7H3;8-11,16-23H,6-7,12-15,24-26H2,1-5H3. The first-order chi connectivity index (χ1) is 45.5. The van der Waals surface area contributed by atoms with E-state index in [0.717, 1.165) is 142 Å². The zero-order chi connectivity index (χ0) is 68.9. The number of rotatable bonds is 18. The Morgan fingerprint density at radius 3 is 1.59 bits per heavy atom. The van der Waals surface area contributed by atoms with Crippen molar-refractivity contribution in [2.75, 3.05) is 47.5 Å². The molecule has 10 nitrogen and oxygen atoms in total. The van der Waals surface area contributed by atoms with Crippen LogP contribution in [0.15, 0.2) is 202 Å². The molecule has 0 bridgehead atoms. The van der Waals surface area contributed by atoms with Gasteiger partial charge in [0, 0.05) is 111 Å². The molecule has 0 saturated heterocycles. The predicted octanol–water partition coefficient (Wildman–Crippen LogP) is 19.4. The summed E-state index contributed by atoms with van der Waals surface area (Å²) < 4.78 is 74.2. The van der Waals surface area contributed by atoms with Crippen molar-refractivity contribution in [1.29, 1.82) is 0 Å². The average Bonchev–Trinajstić information content (AvgIpc) is 1.58. The molecule has 4 heterocycles. The fraction of sp³-hybridized carbons (Fsp3) is 0.390. The molecule has 0 amide bonds. The van der Waals surface area contributed by atoms with Gasteiger partial charge in [-0.05, 0) is 172 Å². The Hall–Kier alpha value is -6.90. The number of para-hydroxylation sites is 2. The summed E-state index contributed by atoms with van der Waals surface area (Å²) in [4.78, 5) is 4.51. The molecule has 96 heavy (non-hydrogen) atoms. The molecule has 0 atom stereocenters. The number of hydrogen-bond acceptors (Lipinski definition) is 8. The molecule has 14 heteroatoms. The van der Waals surface area contributed by atoms with Crippen LogP contribution < -0.4 is 9.80 Å². The van der Waals surface area contributed by atoms with Gasteiger partial charge in [0.25, 0.3) is 0 Å². The molecule has 0 unspecified atom stereocenters. The first kappa shape index (κ1) is 70.4. The van der Waals surface area contributed by atoms with E-state index >= 15 is 0 Å². The molecule has 0 N–H and O–H groups in total. The molecule has 4 aliphatic heterocycles. The molecule has 6 aromatic carbocycles. The molecule has 0 saturated carbocycles. The minimum atomic E-state index is -4.41. The zero-order valence-electron chi connectivity index (χ0n) is 58.1. The normalized spacial score (nSPS) is 20.5. The number of unbranched alkanes of at least 4 members (excludes halogenated alkanes) is 1. The van der Waals surface area contributed by atoms with Crippen molar-refractivity contribution in [1.82, 2.24) is 0 Å². The highest BCUT2D eigenvalue weighted by Gasteiger charge is 2.47. The predicted molar refractivity (Wildman–Crippen MR) is 400 cm³/mol. The fourth-order valence-corrected chi connectivity index (χ4v) is 17.5. The Morgan fingerprint density at radius 1 is 0.490 bits per heavy atom. The van der Waals surface area contributed by atoms with Crippen LogP contribution in [0.3, 0.4) is 0 Å². The summed E-state index contributed by atoms with van der Waals surface area (Å²) in [7, 11) is -8.68. The van der Waals surface area contributed by atoms with Crippen molar-refractivity contribution in [2.24, 2.45) is 0 Å². The molecular formula is C82H94Cl2N4O6S2. The van der Waals surface area contributed by atoms with Gasteiger partial charge in [-0.1, -0.05) is 185 Å². The lowest BCUT2D eigenvalue weighted by molar-refractivity contribution is -0.437. The quantitative estimate of drug-likeness (QED) is 0.0615. The van der Waals surface area contributed by atoms with Crippen LogP contribution in [-0.4, -0.2) is 84.2 Å². The highest BCUT2D eigenvalue weighted by molar-refractivity contribution is 7.85. The third kappa shape index (κ3) is 14.0. The van der Waals surface area contributed by atoms with Crippen LogP contribution in [0.4, 0.5) is 22.7 Å². The molecular weight excluding hydrogens is 1270 g/mol. The Morgan fingerprint density at radius 2 is 1.01 bits per heavy atom. The minimum Gasteiger partial charge on any atom is -0.748 e. The van der Waals surface area contributed by atoms with E-state index in [2.05, 4.69) is 243 Å². The van der Waals surface area contributed by atoms with Crippen LogP contribution in [0.1, 0.15) is 167 Å². The van der Waals surface area contributed by atoms with Gasteiger partial charge in [-0.25, -0.2) is 16.8 Å². The molecule has 2 aliphatic carbocycles. The van der Waals surface area contributed by atoms with E-state index in [1.807, 2.05) is 17.0 Å². The van der Waals surface area contributed by atoms with E-state index in [1.54, 1.807) is 0 Å². The summed E-state index contributed by atoms with van der Waals surface area (Å²) in [5, 5.41) is 6.46. The first-order valence-corrected chi connectivity index (χ1v) is 38.3. The molecule has 0 fully saturated rings. The second-order valence-corrected chi connectivity index (χ2v) is 32.9. The van der Waals surface area contributed by atoms with Crippen LogP contribution in [0.25, 0.3) is 21.5 Å². The number of nitrogens with zero attached hydrogens (tertiary/aromatic N) is 4. The Kier molecular flexibility index (Phi) is 20.4. The molecule has 6 aliphatic rings. The fourth-order valence-electron chi connectivity index (χ4n) is 15.9. The largest absolute Gasteiger partial charge is 0.748 e. The van der Waals surface area contributed by atoms with Crippen LogP contribution in [-0.2, 0) is 41.9 Å². The van der Waals surface area contributed by atoms with Crippen molar-refractivity contribution in [3.8, 4) is 0 Å². The molecule has 504 valence electrons. The van der Waals surface area contributed by atoms with Gasteiger partial charge in [-0.15, -0.1) is 0 Å². The zero-order valence-corrected chi connectivity index (χ0v) is 61.3. The second-order valence-electron chi connectivity index (χ2n) is 29.1. The van der Waals surface area contributed by atoms with Crippen LogP contribution >= 0.6 is 23.2 Å². The van der Waals surface area contributed by atoms with Gasteiger partial charge in [0.1, 0.15) is 13.1 Å². The van der Waals surface area contributed by atoms with Gasteiger partial charge in [0.2, 0.25) is 11.4 Å². The van der Waals surface area contributed by atoms with E-state index in [1.165, 1.54) is 61.4 Å². The maximum Gasteiger partial charge on any atom is 0.210 e. The number of anilines is 2. The topological polar surface area (TPSA) is 127 Å². The molecule has 0 radical (unpaired) electrons. The number of halogens is 2. The maximum atomic E-state index is 11.8. The van der Waals surface area contributed by atoms with Gasteiger partial charge in [-0.3, -0.25) is 0 Å². The number of fused-ring (bicyclic) bond motifs is 8. The molecule has 12 rings (SSSR count). The minimum absolute atomic E-state index is 0.0894. The third-order valence-corrected chi connectivity index (χ3v) is 23.2. The van der Waals surface area contributed by atoms with Crippen LogP contribution in [0.2, 0.25) is 0 Å². The monoisotopic (exact) mass is 1360 g/mol. The Labute approximate surface area is 581 Å². The third-order valence-electron chi connectivity index (χ3n) is 20.8. The van der Waals surface area contributed by atoms with Crippen molar-refractivity contribution in [2.45, 2.75) is 169 Å². The molecule has 0 spiro atoms. The first-order valence-electron chi connectivity index (χ1n) is 34.4. The van der Waals surface area contributed by atoms with Gasteiger partial charge < -0.3 is 18.9 Å². The van der Waals surface area contributed by atoms with Crippen molar-refractivity contribution < 1.29 is 35.1 Å². The lowest BCUT2D eigenvalue weighted by Crippen LogP contribution is -2.30. The number of aryl methyl sites for hydroxylation is 2. The smallest absolute Gasteiger partial charge is 0.210 e. The van der Waals surface area contributed by atoms with Crippen molar-refractivity contribution in [3.05, 3.63) is 235 Å². The SMILES string of the molecule is CCCCN1/C(=C\C=C2CCCC(/C=C/C3=[N+](CCCS(=O)(=O)[O-])c4ccccc4C3(C)C)=C2Cl)C(C)(C)c2ccccc21.CCC[N+]1=C(/C=C/C2=C(Cl)C(=C/C=C3\N(CCS(=O)(=O)[O-])c4ccc5cc(C)ccc5c4C3(C)C)/CCC2)C(C)(C)c2c1ccc1cc(C)ccc21.